The van der Waals surface area contributed by atoms with E-state index in [1.807, 2.05) is 24.3 Å². The zero-order valence-electron chi connectivity index (χ0n) is 11.3. The average molecular weight is 292 g/mol. The van der Waals surface area contributed by atoms with E-state index in [0.29, 0.717) is 6.42 Å². The molecule has 5 heteroatoms. The van der Waals surface area contributed by atoms with E-state index in [1.54, 1.807) is 0 Å². The van der Waals surface area contributed by atoms with Gasteiger partial charge in [0.15, 0.2) is 5.82 Å². The molecule has 1 fully saturated rings. The van der Waals surface area contributed by atoms with Crippen molar-refractivity contribution < 1.29 is 4.52 Å². The van der Waals surface area contributed by atoms with E-state index in [4.69, 9.17) is 16.1 Å². The van der Waals surface area contributed by atoms with Crippen molar-refractivity contribution in [2.45, 2.75) is 25.7 Å². The molecule has 3 rings (SSSR count). The van der Waals surface area contributed by atoms with Crippen molar-refractivity contribution in [1.29, 1.82) is 0 Å². The van der Waals surface area contributed by atoms with Gasteiger partial charge in [0.1, 0.15) is 0 Å². The van der Waals surface area contributed by atoms with Gasteiger partial charge in [0.05, 0.1) is 0 Å². The predicted octanol–water partition coefficient (Wildman–Crippen LogP) is 2.86. The molecule has 1 saturated heterocycles. The molecule has 20 heavy (non-hydrogen) atoms. The van der Waals surface area contributed by atoms with Crippen LogP contribution in [0.5, 0.6) is 0 Å². The number of aromatic nitrogens is 2. The molecule has 1 aliphatic rings. The summed E-state index contributed by atoms with van der Waals surface area (Å²) in [5.41, 5.74) is 1.14. The molecule has 1 aromatic heterocycles. The summed E-state index contributed by atoms with van der Waals surface area (Å²) in [7, 11) is 0. The second kappa shape index (κ2) is 6.37. The summed E-state index contributed by atoms with van der Waals surface area (Å²) in [5, 5.41) is 8.16. The molecule has 2 heterocycles. The quantitative estimate of drug-likeness (QED) is 0.920. The fraction of sp³-hybridized carbons (Fsp3) is 0.467. The van der Waals surface area contributed by atoms with Gasteiger partial charge in [-0.1, -0.05) is 28.9 Å². The minimum Gasteiger partial charge on any atom is -0.339 e. The Bertz CT molecular complexity index is 547. The molecule has 1 N–H and O–H groups in total. The molecule has 1 aliphatic heterocycles. The summed E-state index contributed by atoms with van der Waals surface area (Å²) in [6, 6.07) is 7.74. The zero-order chi connectivity index (χ0) is 13.8. The summed E-state index contributed by atoms with van der Waals surface area (Å²) >= 11 is 5.87. The van der Waals surface area contributed by atoms with Gasteiger partial charge in [-0.15, -0.1) is 0 Å². The minimum atomic E-state index is 0.686. The van der Waals surface area contributed by atoms with E-state index in [1.165, 1.54) is 6.42 Å². The number of hydrogen-bond acceptors (Lipinski definition) is 4. The lowest BCUT2D eigenvalue weighted by Gasteiger charge is -2.03. The van der Waals surface area contributed by atoms with Crippen LogP contribution >= 0.6 is 11.6 Å². The van der Waals surface area contributed by atoms with Crippen LogP contribution < -0.4 is 5.32 Å². The molecule has 0 saturated carbocycles. The van der Waals surface area contributed by atoms with Crippen molar-refractivity contribution in [2.75, 3.05) is 13.1 Å². The number of halogens is 1. The van der Waals surface area contributed by atoms with Crippen LogP contribution in [0.2, 0.25) is 5.02 Å². The lowest BCUT2D eigenvalue weighted by atomic mass is 10.0. The van der Waals surface area contributed by atoms with E-state index >= 15 is 0 Å². The Morgan fingerprint density at radius 3 is 2.90 bits per heavy atom. The van der Waals surface area contributed by atoms with E-state index in [9.17, 15) is 0 Å². The summed E-state index contributed by atoms with van der Waals surface area (Å²) < 4.78 is 5.31. The second-order valence-electron chi connectivity index (χ2n) is 5.31. The lowest BCUT2D eigenvalue weighted by molar-refractivity contribution is 0.361. The number of nitrogens with one attached hydrogen (secondary N) is 1. The van der Waals surface area contributed by atoms with Gasteiger partial charge in [-0.25, -0.2) is 0 Å². The Morgan fingerprint density at radius 2 is 2.15 bits per heavy atom. The first kappa shape index (κ1) is 13.6. The van der Waals surface area contributed by atoms with Gasteiger partial charge in [-0.05, 0) is 49.5 Å². The first-order valence-corrected chi connectivity index (χ1v) is 7.44. The maximum Gasteiger partial charge on any atom is 0.226 e. The van der Waals surface area contributed by atoms with Gasteiger partial charge in [-0.3, -0.25) is 0 Å². The van der Waals surface area contributed by atoms with Gasteiger partial charge in [0.2, 0.25) is 5.89 Å². The maximum atomic E-state index is 5.87. The molecule has 4 nitrogen and oxygen atoms in total. The molecule has 1 unspecified atom stereocenters. The van der Waals surface area contributed by atoms with Crippen LogP contribution in [0.15, 0.2) is 28.8 Å². The molecule has 106 valence electrons. The van der Waals surface area contributed by atoms with Crippen molar-refractivity contribution in [3.63, 3.8) is 0 Å². The van der Waals surface area contributed by atoms with E-state index in [0.717, 1.165) is 54.2 Å². The van der Waals surface area contributed by atoms with Gasteiger partial charge in [-0.2, -0.15) is 4.98 Å². The van der Waals surface area contributed by atoms with Crippen molar-refractivity contribution in [1.82, 2.24) is 15.5 Å². The Morgan fingerprint density at radius 1 is 1.30 bits per heavy atom. The van der Waals surface area contributed by atoms with E-state index < -0.39 is 0 Å². The van der Waals surface area contributed by atoms with Crippen LogP contribution in [0, 0.1) is 5.92 Å². The summed E-state index contributed by atoms with van der Waals surface area (Å²) in [4.78, 5) is 4.46. The van der Waals surface area contributed by atoms with E-state index in [2.05, 4.69) is 15.5 Å². The Balaban J connectivity index is 1.54. The number of rotatable bonds is 5. The fourth-order valence-electron chi connectivity index (χ4n) is 2.54. The number of aryl methyl sites for hydroxylation is 1. The van der Waals surface area contributed by atoms with Crippen LogP contribution in [0.4, 0.5) is 0 Å². The first-order chi connectivity index (χ1) is 9.79. The zero-order valence-corrected chi connectivity index (χ0v) is 12.1. The van der Waals surface area contributed by atoms with Gasteiger partial charge in [0, 0.05) is 17.9 Å². The SMILES string of the molecule is Clc1ccc(Cc2noc(CCC3CCNC3)n2)cc1. The number of benzene rings is 1. The highest BCUT2D eigenvalue weighted by Crippen LogP contribution is 2.16. The maximum absolute atomic E-state index is 5.87. The number of hydrogen-bond donors (Lipinski definition) is 1. The molecule has 0 radical (unpaired) electrons. The highest BCUT2D eigenvalue weighted by Gasteiger charge is 2.16. The average Bonchev–Trinajstić information content (AvgIpc) is 3.10. The minimum absolute atomic E-state index is 0.686. The molecule has 1 atom stereocenters. The molecule has 2 aromatic rings. The summed E-state index contributed by atoms with van der Waals surface area (Å²) in [6.45, 7) is 2.25. The van der Waals surface area contributed by atoms with Crippen molar-refractivity contribution >= 4 is 11.6 Å². The standard InChI is InChI=1S/C15H18ClN3O/c16-13-4-1-11(2-5-13)9-14-18-15(20-19-14)6-3-12-7-8-17-10-12/h1-2,4-5,12,17H,3,6-10H2. The Kier molecular flexibility index (Phi) is 4.33. The monoisotopic (exact) mass is 291 g/mol. The smallest absolute Gasteiger partial charge is 0.226 e. The van der Waals surface area contributed by atoms with Gasteiger partial charge in [0.25, 0.3) is 0 Å². The summed E-state index contributed by atoms with van der Waals surface area (Å²) in [6.07, 6.45) is 3.94. The highest BCUT2D eigenvalue weighted by atomic mass is 35.5. The largest absolute Gasteiger partial charge is 0.339 e. The van der Waals surface area contributed by atoms with Crippen molar-refractivity contribution in [3.8, 4) is 0 Å². The fourth-order valence-corrected chi connectivity index (χ4v) is 2.66. The first-order valence-electron chi connectivity index (χ1n) is 7.06. The molecular formula is C15H18ClN3O. The molecule has 0 spiro atoms. The topological polar surface area (TPSA) is 51.0 Å². The normalized spacial score (nSPS) is 18.6. The van der Waals surface area contributed by atoms with Crippen LogP contribution in [0.1, 0.15) is 30.1 Å². The summed E-state index contributed by atoms with van der Waals surface area (Å²) in [5.74, 6) is 2.24. The molecular weight excluding hydrogens is 274 g/mol. The third-order valence-electron chi connectivity index (χ3n) is 3.71. The highest BCUT2D eigenvalue weighted by molar-refractivity contribution is 6.30. The van der Waals surface area contributed by atoms with Gasteiger partial charge < -0.3 is 9.84 Å². The van der Waals surface area contributed by atoms with Crippen LogP contribution in [-0.4, -0.2) is 23.2 Å². The number of nitrogens with zero attached hydrogens (tertiary/aromatic N) is 2. The second-order valence-corrected chi connectivity index (χ2v) is 5.74. The van der Waals surface area contributed by atoms with Crippen LogP contribution in [-0.2, 0) is 12.8 Å². The predicted molar refractivity (Wildman–Crippen MR) is 77.9 cm³/mol. The molecule has 1 aromatic carbocycles. The lowest BCUT2D eigenvalue weighted by Crippen LogP contribution is -2.09. The van der Waals surface area contributed by atoms with Crippen LogP contribution in [0.25, 0.3) is 0 Å². The molecule has 0 bridgehead atoms. The Labute approximate surface area is 123 Å². The molecule has 0 amide bonds. The Hall–Kier alpha value is -1.39. The molecule has 0 aliphatic carbocycles. The van der Waals surface area contributed by atoms with Crippen molar-refractivity contribution in [2.24, 2.45) is 5.92 Å². The van der Waals surface area contributed by atoms with Crippen molar-refractivity contribution in [3.05, 3.63) is 46.6 Å². The third-order valence-corrected chi connectivity index (χ3v) is 3.97. The van der Waals surface area contributed by atoms with Crippen LogP contribution in [0.3, 0.4) is 0 Å². The van der Waals surface area contributed by atoms with E-state index in [-0.39, 0.29) is 0 Å². The third kappa shape index (κ3) is 3.58. The van der Waals surface area contributed by atoms with Gasteiger partial charge >= 0.3 is 0 Å².